The fourth-order valence-corrected chi connectivity index (χ4v) is 3.93. The molecule has 0 aliphatic rings. The van der Waals surface area contributed by atoms with Crippen molar-refractivity contribution < 1.29 is 12.8 Å². The van der Waals surface area contributed by atoms with E-state index in [1.54, 1.807) is 18.2 Å². The van der Waals surface area contributed by atoms with Gasteiger partial charge in [0.05, 0.1) is 11.1 Å². The van der Waals surface area contributed by atoms with Crippen LogP contribution >= 0.6 is 0 Å². The lowest BCUT2D eigenvalue weighted by atomic mass is 10.0. The van der Waals surface area contributed by atoms with Crippen LogP contribution < -0.4 is 10.1 Å². The van der Waals surface area contributed by atoms with Crippen LogP contribution in [0.15, 0.2) is 76.7 Å². The molecular formula is C24H26FN3O2S. The van der Waals surface area contributed by atoms with Crippen LogP contribution in [0.1, 0.15) is 42.0 Å². The first-order valence-electron chi connectivity index (χ1n) is 9.99. The lowest BCUT2D eigenvalue weighted by Crippen LogP contribution is -2.18. The molecule has 7 heteroatoms. The lowest BCUT2D eigenvalue weighted by molar-refractivity contribution is 0.584. The summed E-state index contributed by atoms with van der Waals surface area (Å²) in [7, 11) is -3.80. The molecule has 0 bridgehead atoms. The zero-order valence-electron chi connectivity index (χ0n) is 17.8. The molecule has 0 heterocycles. The number of hydrogen-bond acceptors (Lipinski definition) is 4. The SMILES string of the molecule is Cc1ccc(S(=O)(=O)NN=Cc2cc(F)ccc2CNc2ccccc2C(C)C)cc1. The molecule has 0 radical (unpaired) electrons. The van der Waals surface area contributed by atoms with Crippen molar-refractivity contribution in [2.45, 2.75) is 38.1 Å². The van der Waals surface area contributed by atoms with Crippen molar-refractivity contribution in [2.75, 3.05) is 5.32 Å². The maximum absolute atomic E-state index is 13.8. The molecule has 3 rings (SSSR count). The van der Waals surface area contributed by atoms with Crippen molar-refractivity contribution in [3.05, 3.63) is 94.8 Å². The van der Waals surface area contributed by atoms with E-state index < -0.39 is 15.8 Å². The zero-order chi connectivity index (χ0) is 22.4. The van der Waals surface area contributed by atoms with E-state index in [-0.39, 0.29) is 4.90 Å². The van der Waals surface area contributed by atoms with Gasteiger partial charge in [-0.25, -0.2) is 9.22 Å². The smallest absolute Gasteiger partial charge is 0.276 e. The number of para-hydroxylation sites is 1. The Morgan fingerprint density at radius 2 is 1.74 bits per heavy atom. The summed E-state index contributed by atoms with van der Waals surface area (Å²) in [6, 6.07) is 18.8. The van der Waals surface area contributed by atoms with E-state index in [1.165, 1.54) is 36.0 Å². The molecule has 0 spiro atoms. The Morgan fingerprint density at radius 1 is 1.03 bits per heavy atom. The lowest BCUT2D eigenvalue weighted by Gasteiger charge is -2.15. The molecular weight excluding hydrogens is 413 g/mol. The Hall–Kier alpha value is -3.19. The summed E-state index contributed by atoms with van der Waals surface area (Å²) in [4.78, 5) is 2.30. The van der Waals surface area contributed by atoms with Crippen LogP contribution in [0.5, 0.6) is 0 Å². The highest BCUT2D eigenvalue weighted by Crippen LogP contribution is 2.24. The van der Waals surface area contributed by atoms with Gasteiger partial charge in [-0.3, -0.25) is 0 Å². The Morgan fingerprint density at radius 3 is 2.45 bits per heavy atom. The quantitative estimate of drug-likeness (QED) is 0.375. The maximum Gasteiger partial charge on any atom is 0.276 e. The van der Waals surface area contributed by atoms with E-state index in [0.29, 0.717) is 18.0 Å². The van der Waals surface area contributed by atoms with Crippen LogP contribution in [0.2, 0.25) is 0 Å². The Bertz CT molecular complexity index is 1170. The fourth-order valence-electron chi connectivity index (χ4n) is 3.13. The number of hydrogen-bond donors (Lipinski definition) is 2. The van der Waals surface area contributed by atoms with Gasteiger partial charge < -0.3 is 5.32 Å². The molecule has 0 aromatic heterocycles. The molecule has 0 saturated heterocycles. The number of nitrogens with zero attached hydrogens (tertiary/aromatic N) is 1. The number of nitrogens with one attached hydrogen (secondary N) is 2. The largest absolute Gasteiger partial charge is 0.381 e. The van der Waals surface area contributed by atoms with Crippen LogP contribution in [0.3, 0.4) is 0 Å². The van der Waals surface area contributed by atoms with E-state index in [2.05, 4.69) is 35.2 Å². The summed E-state index contributed by atoms with van der Waals surface area (Å²) >= 11 is 0. The minimum atomic E-state index is -3.80. The first-order valence-corrected chi connectivity index (χ1v) is 11.5. The molecule has 5 nitrogen and oxygen atoms in total. The standard InChI is InChI=1S/C24H26FN3O2S/c1-17(2)23-6-4-5-7-24(23)26-15-19-10-11-21(25)14-20(19)16-27-28-31(29,30)22-12-8-18(3)9-13-22/h4-14,16-17,26,28H,15H2,1-3H3. The molecule has 162 valence electrons. The second-order valence-electron chi connectivity index (χ2n) is 7.60. The molecule has 2 N–H and O–H groups in total. The summed E-state index contributed by atoms with van der Waals surface area (Å²) < 4.78 is 38.6. The van der Waals surface area contributed by atoms with Crippen LogP contribution in [0, 0.1) is 12.7 Å². The average Bonchev–Trinajstić information content (AvgIpc) is 2.73. The van der Waals surface area contributed by atoms with E-state index in [1.807, 2.05) is 25.1 Å². The van der Waals surface area contributed by atoms with Gasteiger partial charge >= 0.3 is 0 Å². The number of hydrazone groups is 1. The highest BCUT2D eigenvalue weighted by molar-refractivity contribution is 7.89. The van der Waals surface area contributed by atoms with Crippen LogP contribution in [-0.2, 0) is 16.6 Å². The van der Waals surface area contributed by atoms with Gasteiger partial charge in [-0.1, -0.05) is 55.8 Å². The van der Waals surface area contributed by atoms with Crippen molar-refractivity contribution in [2.24, 2.45) is 5.10 Å². The van der Waals surface area contributed by atoms with Crippen molar-refractivity contribution in [3.8, 4) is 0 Å². The zero-order valence-corrected chi connectivity index (χ0v) is 18.6. The van der Waals surface area contributed by atoms with Gasteiger partial charge in [0, 0.05) is 17.8 Å². The van der Waals surface area contributed by atoms with E-state index in [9.17, 15) is 12.8 Å². The predicted molar refractivity (Wildman–Crippen MR) is 123 cm³/mol. The highest BCUT2D eigenvalue weighted by Gasteiger charge is 2.12. The summed E-state index contributed by atoms with van der Waals surface area (Å²) in [6.07, 6.45) is 1.32. The molecule has 0 amide bonds. The topological polar surface area (TPSA) is 70.6 Å². The van der Waals surface area contributed by atoms with Gasteiger partial charge in [-0.2, -0.15) is 13.5 Å². The maximum atomic E-state index is 13.8. The normalized spacial score (nSPS) is 11.8. The highest BCUT2D eigenvalue weighted by atomic mass is 32.2. The van der Waals surface area contributed by atoms with Crippen molar-refractivity contribution >= 4 is 21.9 Å². The van der Waals surface area contributed by atoms with Gasteiger partial charge in [-0.05, 0) is 54.3 Å². The molecule has 0 unspecified atom stereocenters. The number of anilines is 1. The van der Waals surface area contributed by atoms with Gasteiger partial charge in [0.25, 0.3) is 10.0 Å². The molecule has 0 aliphatic heterocycles. The van der Waals surface area contributed by atoms with Crippen LogP contribution in [0.4, 0.5) is 10.1 Å². The average molecular weight is 440 g/mol. The molecule has 3 aromatic rings. The monoisotopic (exact) mass is 439 g/mol. The van der Waals surface area contributed by atoms with Crippen LogP contribution in [0.25, 0.3) is 0 Å². The Kier molecular flexibility index (Phi) is 7.07. The summed E-state index contributed by atoms with van der Waals surface area (Å²) in [6.45, 7) is 6.56. The second-order valence-corrected chi connectivity index (χ2v) is 9.27. The van der Waals surface area contributed by atoms with Gasteiger partial charge in [0.15, 0.2) is 0 Å². The van der Waals surface area contributed by atoms with Crippen molar-refractivity contribution in [1.29, 1.82) is 0 Å². The summed E-state index contributed by atoms with van der Waals surface area (Å²) in [5.74, 6) is -0.0664. The van der Waals surface area contributed by atoms with Gasteiger partial charge in [-0.15, -0.1) is 0 Å². The molecule has 3 aromatic carbocycles. The predicted octanol–water partition coefficient (Wildman–Crippen LogP) is 5.18. The Balaban J connectivity index is 1.76. The fraction of sp³-hybridized carbons (Fsp3) is 0.208. The van der Waals surface area contributed by atoms with E-state index in [0.717, 1.165) is 16.8 Å². The molecule has 0 atom stereocenters. The number of benzene rings is 3. The summed E-state index contributed by atoms with van der Waals surface area (Å²) in [5, 5.41) is 7.24. The second kappa shape index (κ2) is 9.75. The number of sulfonamides is 1. The van der Waals surface area contributed by atoms with Gasteiger partial charge in [0.2, 0.25) is 0 Å². The van der Waals surface area contributed by atoms with E-state index >= 15 is 0 Å². The Labute approximate surface area is 183 Å². The number of aryl methyl sites for hydroxylation is 1. The van der Waals surface area contributed by atoms with Crippen molar-refractivity contribution in [3.63, 3.8) is 0 Å². The third-order valence-electron chi connectivity index (χ3n) is 4.87. The third-order valence-corrected chi connectivity index (χ3v) is 6.11. The molecule has 0 saturated carbocycles. The minimum absolute atomic E-state index is 0.113. The van der Waals surface area contributed by atoms with E-state index in [4.69, 9.17) is 0 Å². The number of halogens is 1. The molecule has 31 heavy (non-hydrogen) atoms. The van der Waals surface area contributed by atoms with Crippen LogP contribution in [-0.4, -0.2) is 14.6 Å². The first kappa shape index (κ1) is 22.5. The molecule has 0 fully saturated rings. The third kappa shape index (κ3) is 5.92. The summed E-state index contributed by atoms with van der Waals surface area (Å²) in [5.41, 5.74) is 4.42. The first-order chi connectivity index (χ1) is 14.8. The number of rotatable bonds is 8. The minimum Gasteiger partial charge on any atom is -0.381 e. The van der Waals surface area contributed by atoms with Crippen molar-refractivity contribution in [1.82, 2.24) is 4.83 Å². The van der Waals surface area contributed by atoms with Gasteiger partial charge in [0.1, 0.15) is 5.82 Å². The molecule has 0 aliphatic carbocycles.